The van der Waals surface area contributed by atoms with Crippen LogP contribution in [0.3, 0.4) is 0 Å². The molecule has 1 N–H and O–H groups in total. The zero-order valence-corrected chi connectivity index (χ0v) is 12.5. The number of rotatable bonds is 3. The zero-order chi connectivity index (χ0) is 14.0. The summed E-state index contributed by atoms with van der Waals surface area (Å²) in [4.78, 5) is 8.64. The van der Waals surface area contributed by atoms with Crippen molar-refractivity contribution in [2.45, 2.75) is 19.8 Å². The molecule has 0 fully saturated rings. The maximum absolute atomic E-state index is 6.29. The first-order valence-electron chi connectivity index (χ1n) is 6.03. The number of nitrogens with zero attached hydrogens (tertiary/aromatic N) is 2. The molecular formula is C14H15Cl2N3. The third-order valence-electron chi connectivity index (χ3n) is 2.90. The van der Waals surface area contributed by atoms with E-state index in [-0.39, 0.29) is 5.92 Å². The van der Waals surface area contributed by atoms with Crippen molar-refractivity contribution in [3.05, 3.63) is 40.1 Å². The van der Waals surface area contributed by atoms with Crippen LogP contribution in [0.4, 0.5) is 5.82 Å². The van der Waals surface area contributed by atoms with Gasteiger partial charge in [0, 0.05) is 18.2 Å². The van der Waals surface area contributed by atoms with E-state index in [1.807, 2.05) is 19.2 Å². The Balaban J connectivity index is 2.72. The molecule has 19 heavy (non-hydrogen) atoms. The first-order valence-corrected chi connectivity index (χ1v) is 6.78. The van der Waals surface area contributed by atoms with Crippen molar-refractivity contribution in [3.8, 4) is 11.3 Å². The molecule has 0 amide bonds. The second kappa shape index (κ2) is 5.76. The van der Waals surface area contributed by atoms with Crippen molar-refractivity contribution in [3.63, 3.8) is 0 Å². The van der Waals surface area contributed by atoms with E-state index in [2.05, 4.69) is 29.1 Å². The molecular weight excluding hydrogens is 281 g/mol. The number of anilines is 1. The van der Waals surface area contributed by atoms with Crippen LogP contribution < -0.4 is 5.32 Å². The van der Waals surface area contributed by atoms with Crippen LogP contribution in [0.1, 0.15) is 25.3 Å². The van der Waals surface area contributed by atoms with E-state index >= 15 is 0 Å². The van der Waals surface area contributed by atoms with E-state index in [1.165, 1.54) is 6.33 Å². The summed E-state index contributed by atoms with van der Waals surface area (Å²) in [5.41, 5.74) is 2.69. The van der Waals surface area contributed by atoms with Crippen molar-refractivity contribution in [2.24, 2.45) is 0 Å². The lowest BCUT2D eigenvalue weighted by Crippen LogP contribution is -2.04. The predicted molar refractivity (Wildman–Crippen MR) is 81.1 cm³/mol. The molecule has 1 aromatic carbocycles. The number of halogens is 2. The van der Waals surface area contributed by atoms with E-state index in [0.29, 0.717) is 10.0 Å². The maximum Gasteiger partial charge on any atom is 0.133 e. The predicted octanol–water partition coefficient (Wildman–Crippen LogP) is 4.62. The van der Waals surface area contributed by atoms with Crippen LogP contribution in [0, 0.1) is 0 Å². The molecule has 2 rings (SSSR count). The molecule has 0 spiro atoms. The second-order valence-corrected chi connectivity index (χ2v) is 5.28. The Morgan fingerprint density at radius 2 is 1.89 bits per heavy atom. The SMILES string of the molecule is CNc1ncnc(-c2cccc(Cl)c2Cl)c1C(C)C. The molecule has 0 radical (unpaired) electrons. The molecule has 100 valence electrons. The van der Waals surface area contributed by atoms with Crippen LogP contribution in [0.25, 0.3) is 11.3 Å². The monoisotopic (exact) mass is 295 g/mol. The Morgan fingerprint density at radius 3 is 2.53 bits per heavy atom. The van der Waals surface area contributed by atoms with Crippen LogP contribution in [0.15, 0.2) is 24.5 Å². The van der Waals surface area contributed by atoms with Gasteiger partial charge in [-0.05, 0) is 12.0 Å². The number of benzene rings is 1. The highest BCUT2D eigenvalue weighted by atomic mass is 35.5. The van der Waals surface area contributed by atoms with E-state index in [9.17, 15) is 0 Å². The smallest absolute Gasteiger partial charge is 0.133 e. The topological polar surface area (TPSA) is 37.8 Å². The van der Waals surface area contributed by atoms with E-state index in [4.69, 9.17) is 23.2 Å². The normalized spacial score (nSPS) is 10.8. The minimum absolute atomic E-state index is 0.272. The molecule has 0 unspecified atom stereocenters. The Bertz CT molecular complexity index is 597. The summed E-state index contributed by atoms with van der Waals surface area (Å²) >= 11 is 12.4. The Morgan fingerprint density at radius 1 is 1.16 bits per heavy atom. The molecule has 0 bridgehead atoms. The van der Waals surface area contributed by atoms with Crippen LogP contribution in [0.5, 0.6) is 0 Å². The van der Waals surface area contributed by atoms with Crippen LogP contribution in [-0.4, -0.2) is 17.0 Å². The zero-order valence-electron chi connectivity index (χ0n) is 11.0. The highest BCUT2D eigenvalue weighted by molar-refractivity contribution is 6.43. The molecule has 1 heterocycles. The van der Waals surface area contributed by atoms with Crippen molar-refractivity contribution in [2.75, 3.05) is 12.4 Å². The molecule has 0 saturated heterocycles. The van der Waals surface area contributed by atoms with Gasteiger partial charge in [-0.15, -0.1) is 0 Å². The Hall–Kier alpha value is -1.32. The maximum atomic E-state index is 6.29. The summed E-state index contributed by atoms with van der Waals surface area (Å²) < 4.78 is 0. The second-order valence-electron chi connectivity index (χ2n) is 4.49. The first-order chi connectivity index (χ1) is 9.06. The van der Waals surface area contributed by atoms with Gasteiger partial charge in [-0.25, -0.2) is 9.97 Å². The van der Waals surface area contributed by atoms with Gasteiger partial charge < -0.3 is 5.32 Å². The van der Waals surface area contributed by atoms with Gasteiger partial charge >= 0.3 is 0 Å². The molecule has 0 atom stereocenters. The quantitative estimate of drug-likeness (QED) is 0.898. The summed E-state index contributed by atoms with van der Waals surface area (Å²) in [6, 6.07) is 5.55. The minimum Gasteiger partial charge on any atom is -0.373 e. The lowest BCUT2D eigenvalue weighted by atomic mass is 9.97. The Kier molecular flexibility index (Phi) is 4.27. The van der Waals surface area contributed by atoms with Crippen LogP contribution in [-0.2, 0) is 0 Å². The summed E-state index contributed by atoms with van der Waals surface area (Å²) in [6.07, 6.45) is 1.53. The number of aromatic nitrogens is 2. The van der Waals surface area contributed by atoms with Gasteiger partial charge in [0.15, 0.2) is 0 Å². The van der Waals surface area contributed by atoms with Crippen molar-refractivity contribution in [1.29, 1.82) is 0 Å². The van der Waals surface area contributed by atoms with Crippen molar-refractivity contribution in [1.82, 2.24) is 9.97 Å². The van der Waals surface area contributed by atoms with Gasteiger partial charge in [0.05, 0.1) is 15.7 Å². The lowest BCUT2D eigenvalue weighted by molar-refractivity contribution is 0.852. The van der Waals surface area contributed by atoms with Crippen molar-refractivity contribution < 1.29 is 0 Å². The average Bonchev–Trinajstić information content (AvgIpc) is 2.40. The summed E-state index contributed by atoms with van der Waals surface area (Å²) in [5, 5.41) is 4.14. The molecule has 5 heteroatoms. The molecule has 0 aliphatic carbocycles. The fraction of sp³-hybridized carbons (Fsp3) is 0.286. The molecule has 0 aliphatic rings. The van der Waals surface area contributed by atoms with Gasteiger partial charge in [0.2, 0.25) is 0 Å². The molecule has 0 saturated carbocycles. The standard InChI is InChI=1S/C14H15Cl2N3/c1-8(2)11-13(18-7-19-14(11)17-3)9-5-4-6-10(15)12(9)16/h4-8H,1-3H3,(H,17,18,19). The van der Waals surface area contributed by atoms with Crippen LogP contribution >= 0.6 is 23.2 Å². The van der Waals surface area contributed by atoms with Crippen LogP contribution in [0.2, 0.25) is 10.0 Å². The average molecular weight is 296 g/mol. The van der Waals surface area contributed by atoms with Gasteiger partial charge in [-0.2, -0.15) is 0 Å². The number of hydrogen-bond donors (Lipinski definition) is 1. The van der Waals surface area contributed by atoms with Gasteiger partial charge in [-0.3, -0.25) is 0 Å². The largest absolute Gasteiger partial charge is 0.373 e. The first kappa shape index (κ1) is 14.1. The van der Waals surface area contributed by atoms with Gasteiger partial charge in [0.25, 0.3) is 0 Å². The van der Waals surface area contributed by atoms with E-state index in [1.54, 1.807) is 6.07 Å². The summed E-state index contributed by atoms with van der Waals surface area (Å²) in [7, 11) is 1.84. The summed E-state index contributed by atoms with van der Waals surface area (Å²) in [6.45, 7) is 4.20. The fourth-order valence-electron chi connectivity index (χ4n) is 2.04. The fourth-order valence-corrected chi connectivity index (χ4v) is 2.43. The lowest BCUT2D eigenvalue weighted by Gasteiger charge is -2.16. The van der Waals surface area contributed by atoms with Crippen molar-refractivity contribution >= 4 is 29.0 Å². The number of nitrogens with one attached hydrogen (secondary N) is 1. The molecule has 2 aromatic rings. The highest BCUT2D eigenvalue weighted by Crippen LogP contribution is 2.37. The molecule has 0 aliphatic heterocycles. The molecule has 3 nitrogen and oxygen atoms in total. The highest BCUT2D eigenvalue weighted by Gasteiger charge is 2.18. The molecule has 1 aromatic heterocycles. The minimum atomic E-state index is 0.272. The third-order valence-corrected chi connectivity index (χ3v) is 3.72. The number of hydrogen-bond acceptors (Lipinski definition) is 3. The van der Waals surface area contributed by atoms with Gasteiger partial charge in [0.1, 0.15) is 12.1 Å². The van der Waals surface area contributed by atoms with E-state index in [0.717, 1.165) is 22.6 Å². The Labute approximate surface area is 123 Å². The van der Waals surface area contributed by atoms with E-state index < -0.39 is 0 Å². The van der Waals surface area contributed by atoms with Gasteiger partial charge in [-0.1, -0.05) is 49.2 Å². The summed E-state index contributed by atoms with van der Waals surface area (Å²) in [5.74, 6) is 1.09. The third kappa shape index (κ3) is 2.67.